The molecule has 4 atom stereocenters. The monoisotopic (exact) mass is 633 g/mol. The summed E-state index contributed by atoms with van der Waals surface area (Å²) in [4.78, 5) is 69.7. The van der Waals surface area contributed by atoms with E-state index in [0.29, 0.717) is 30.5 Å². The van der Waals surface area contributed by atoms with Gasteiger partial charge in [-0.3, -0.25) is 19.2 Å². The summed E-state index contributed by atoms with van der Waals surface area (Å²) >= 11 is 0. The number of aromatic amines is 2. The molecular weight excluding hydrogens is 594 g/mol. The van der Waals surface area contributed by atoms with Crippen molar-refractivity contribution in [2.75, 3.05) is 6.54 Å². The maximum atomic E-state index is 13.8. The number of H-pyrrole nitrogens is 2. The van der Waals surface area contributed by atoms with Crippen molar-refractivity contribution in [1.29, 1.82) is 0 Å². The van der Waals surface area contributed by atoms with Crippen molar-refractivity contribution in [3.8, 4) is 0 Å². The van der Waals surface area contributed by atoms with E-state index in [9.17, 15) is 29.1 Å². The molecule has 46 heavy (non-hydrogen) atoms. The van der Waals surface area contributed by atoms with Gasteiger partial charge in [0.05, 0.1) is 12.5 Å². The molecule has 14 heteroatoms. The van der Waals surface area contributed by atoms with Gasteiger partial charge in [-0.1, -0.05) is 36.4 Å². The van der Waals surface area contributed by atoms with Gasteiger partial charge < -0.3 is 47.6 Å². The fourth-order valence-corrected chi connectivity index (χ4v) is 5.32. The zero-order valence-electron chi connectivity index (χ0n) is 25.1. The molecule has 0 aliphatic heterocycles. The number of nitrogens with one attached hydrogen (secondary N) is 5. The maximum Gasteiger partial charge on any atom is 0.326 e. The van der Waals surface area contributed by atoms with E-state index in [1.54, 1.807) is 12.4 Å². The van der Waals surface area contributed by atoms with Crippen molar-refractivity contribution < 1.29 is 34.2 Å². The van der Waals surface area contributed by atoms with E-state index in [2.05, 4.69) is 25.9 Å². The van der Waals surface area contributed by atoms with Gasteiger partial charge in [0.25, 0.3) is 0 Å². The van der Waals surface area contributed by atoms with Crippen LogP contribution >= 0.6 is 0 Å². The lowest BCUT2D eigenvalue weighted by atomic mass is 10.0. The molecule has 0 radical (unpaired) electrons. The maximum absolute atomic E-state index is 13.8. The average Bonchev–Trinajstić information content (AvgIpc) is 3.63. The number of hydrogen-bond acceptors (Lipinski definition) is 7. The van der Waals surface area contributed by atoms with Crippen molar-refractivity contribution >= 4 is 51.5 Å². The van der Waals surface area contributed by atoms with E-state index in [1.165, 1.54) is 0 Å². The van der Waals surface area contributed by atoms with Crippen molar-refractivity contribution in [1.82, 2.24) is 25.9 Å². The minimum Gasteiger partial charge on any atom is -0.481 e. The van der Waals surface area contributed by atoms with Crippen molar-refractivity contribution in [3.63, 3.8) is 0 Å². The molecule has 4 aromatic rings. The summed E-state index contributed by atoms with van der Waals surface area (Å²) in [6.07, 6.45) is 3.91. The Morgan fingerprint density at radius 3 is 1.74 bits per heavy atom. The number of rotatable bonds is 17. The quantitative estimate of drug-likeness (QED) is 0.0749. The van der Waals surface area contributed by atoms with Crippen LogP contribution in [-0.4, -0.2) is 80.6 Å². The minimum absolute atomic E-state index is 0.00298. The Balaban J connectivity index is 1.58. The first-order valence-electron chi connectivity index (χ1n) is 15.0. The third-order valence-electron chi connectivity index (χ3n) is 7.76. The number of aromatic nitrogens is 2. The molecule has 14 nitrogen and oxygen atoms in total. The summed E-state index contributed by atoms with van der Waals surface area (Å²) < 4.78 is 0. The first-order valence-corrected chi connectivity index (χ1v) is 15.0. The van der Waals surface area contributed by atoms with Crippen LogP contribution in [0.25, 0.3) is 21.8 Å². The molecule has 0 aliphatic rings. The lowest BCUT2D eigenvalue weighted by Gasteiger charge is -2.25. The third kappa shape index (κ3) is 8.70. The van der Waals surface area contributed by atoms with Crippen molar-refractivity contribution in [2.45, 2.75) is 62.7 Å². The number of benzene rings is 2. The highest BCUT2D eigenvalue weighted by Gasteiger charge is 2.31. The Morgan fingerprint density at radius 1 is 0.696 bits per heavy atom. The van der Waals surface area contributed by atoms with Crippen LogP contribution in [0.15, 0.2) is 60.9 Å². The molecule has 0 saturated heterocycles. The number of unbranched alkanes of at least 4 members (excludes halogenated alkanes) is 1. The van der Waals surface area contributed by atoms with Gasteiger partial charge in [0.2, 0.25) is 17.7 Å². The highest BCUT2D eigenvalue weighted by Crippen LogP contribution is 2.21. The lowest BCUT2D eigenvalue weighted by Crippen LogP contribution is -2.58. The summed E-state index contributed by atoms with van der Waals surface area (Å²) in [6, 6.07) is 9.68. The van der Waals surface area contributed by atoms with Gasteiger partial charge in [0.1, 0.15) is 18.1 Å². The molecule has 4 rings (SSSR count). The largest absolute Gasteiger partial charge is 0.481 e. The van der Waals surface area contributed by atoms with E-state index in [-0.39, 0.29) is 19.3 Å². The topological polar surface area (TPSA) is 246 Å². The molecular formula is C32H39N7O7. The molecule has 0 bridgehead atoms. The highest BCUT2D eigenvalue weighted by molar-refractivity contribution is 5.95. The molecule has 244 valence electrons. The molecule has 0 aliphatic carbocycles. The number of fused-ring (bicyclic) bond motifs is 2. The summed E-state index contributed by atoms with van der Waals surface area (Å²) in [5, 5.41) is 28.5. The van der Waals surface area contributed by atoms with Crippen LogP contribution in [-0.2, 0) is 36.8 Å². The second kappa shape index (κ2) is 15.7. The number of aliphatic carboxylic acids is 2. The van der Waals surface area contributed by atoms with Gasteiger partial charge in [0, 0.05) is 47.0 Å². The summed E-state index contributed by atoms with van der Waals surface area (Å²) in [5.74, 6) is -4.81. The minimum atomic E-state index is -1.39. The molecule has 2 aromatic heterocycles. The predicted octanol–water partition coefficient (Wildman–Crippen LogP) is 0.904. The summed E-state index contributed by atoms with van der Waals surface area (Å²) in [5.41, 5.74) is 14.4. The zero-order valence-corrected chi connectivity index (χ0v) is 25.1. The predicted molar refractivity (Wildman–Crippen MR) is 171 cm³/mol. The van der Waals surface area contributed by atoms with Crippen LogP contribution in [0.1, 0.15) is 36.8 Å². The Hall–Kier alpha value is -5.21. The van der Waals surface area contributed by atoms with Crippen LogP contribution in [0.4, 0.5) is 0 Å². The van der Waals surface area contributed by atoms with Crippen molar-refractivity contribution in [2.24, 2.45) is 11.5 Å². The molecule has 2 aromatic carbocycles. The summed E-state index contributed by atoms with van der Waals surface area (Å²) in [6.45, 7) is 0.347. The highest BCUT2D eigenvalue weighted by atomic mass is 16.4. The van der Waals surface area contributed by atoms with E-state index in [4.69, 9.17) is 16.6 Å². The second-order valence-corrected chi connectivity index (χ2v) is 11.1. The van der Waals surface area contributed by atoms with Crippen LogP contribution in [0, 0.1) is 0 Å². The van der Waals surface area contributed by atoms with E-state index < -0.39 is 60.2 Å². The van der Waals surface area contributed by atoms with Gasteiger partial charge in [-0.05, 0) is 49.1 Å². The Morgan fingerprint density at radius 2 is 1.20 bits per heavy atom. The standard InChI is InChI=1S/C32H39N7O7/c33-12-6-5-11-25(37-29(42)22(34)15-28(40)41)30(43)38-26(13-18-16-35-23-9-3-1-7-20(18)23)31(44)39-27(32(45)46)14-19-17-36-24-10-4-2-8-21(19)24/h1-4,7-10,16-17,22,25-27,35-36H,5-6,11-15,33-34H2,(H,37,42)(H,38,43)(H,39,44)(H,40,41)(H,45,46). The van der Waals surface area contributed by atoms with Crippen LogP contribution in [0.5, 0.6) is 0 Å². The number of amides is 3. The lowest BCUT2D eigenvalue weighted by molar-refractivity contribution is -0.142. The smallest absolute Gasteiger partial charge is 0.326 e. The number of carboxylic acid groups (broad SMARTS) is 2. The van der Waals surface area contributed by atoms with Gasteiger partial charge >= 0.3 is 11.9 Å². The van der Waals surface area contributed by atoms with Crippen LogP contribution in [0.3, 0.4) is 0 Å². The van der Waals surface area contributed by atoms with Crippen molar-refractivity contribution in [3.05, 3.63) is 72.1 Å². The normalized spacial score (nSPS) is 13.9. The molecule has 0 fully saturated rings. The molecule has 4 unspecified atom stereocenters. The molecule has 3 amide bonds. The fourth-order valence-electron chi connectivity index (χ4n) is 5.32. The molecule has 0 spiro atoms. The van der Waals surface area contributed by atoms with Crippen LogP contribution in [0.2, 0.25) is 0 Å². The number of carbonyl (C=O) groups is 5. The fraction of sp³-hybridized carbons (Fsp3) is 0.344. The van der Waals surface area contributed by atoms with E-state index in [0.717, 1.165) is 21.8 Å². The summed E-state index contributed by atoms with van der Waals surface area (Å²) in [7, 11) is 0. The average molecular weight is 634 g/mol. The number of para-hydroxylation sites is 2. The number of carbonyl (C=O) groups excluding carboxylic acids is 3. The van der Waals surface area contributed by atoms with Gasteiger partial charge in [-0.2, -0.15) is 0 Å². The van der Waals surface area contributed by atoms with E-state index in [1.807, 2.05) is 48.5 Å². The SMILES string of the molecule is NCCCCC(NC(=O)C(N)CC(=O)O)C(=O)NC(Cc1c[nH]c2ccccc12)C(=O)NC(Cc1c[nH]c2ccccc12)C(=O)O. The van der Waals surface area contributed by atoms with E-state index >= 15 is 0 Å². The first-order chi connectivity index (χ1) is 22.1. The Kier molecular flexibility index (Phi) is 11.5. The first kappa shape index (κ1) is 33.7. The number of nitrogens with two attached hydrogens (primary N) is 2. The second-order valence-electron chi connectivity index (χ2n) is 11.1. The Labute approximate surface area is 264 Å². The van der Waals surface area contributed by atoms with Gasteiger partial charge in [0.15, 0.2) is 0 Å². The number of hydrogen-bond donors (Lipinski definition) is 9. The van der Waals surface area contributed by atoms with Crippen LogP contribution < -0.4 is 27.4 Å². The zero-order chi connectivity index (χ0) is 33.2. The van der Waals surface area contributed by atoms with Gasteiger partial charge in [-0.25, -0.2) is 4.79 Å². The Bertz CT molecular complexity index is 1700. The molecule has 2 heterocycles. The number of carboxylic acids is 2. The molecule has 0 saturated carbocycles. The third-order valence-corrected chi connectivity index (χ3v) is 7.76. The van der Waals surface area contributed by atoms with Gasteiger partial charge in [-0.15, -0.1) is 0 Å². The molecule has 11 N–H and O–H groups in total.